The summed E-state index contributed by atoms with van der Waals surface area (Å²) in [6.45, 7) is 0.931. The van der Waals surface area contributed by atoms with Crippen molar-refractivity contribution in [3.05, 3.63) is 59.0 Å². The third-order valence-corrected chi connectivity index (χ3v) is 9.94. The van der Waals surface area contributed by atoms with Gasteiger partial charge in [0.2, 0.25) is 5.91 Å². The third-order valence-electron chi connectivity index (χ3n) is 8.33. The van der Waals surface area contributed by atoms with Crippen LogP contribution in [0.4, 0.5) is 5.69 Å². The van der Waals surface area contributed by atoms with E-state index in [0.29, 0.717) is 31.6 Å². The molecular formula is C28H31N7O4S. The van der Waals surface area contributed by atoms with Crippen LogP contribution in [0.2, 0.25) is 0 Å². The van der Waals surface area contributed by atoms with Gasteiger partial charge in [-0.15, -0.1) is 0 Å². The van der Waals surface area contributed by atoms with Gasteiger partial charge < -0.3 is 15.2 Å². The van der Waals surface area contributed by atoms with Crippen LogP contribution < -0.4 is 15.9 Å². The first kappa shape index (κ1) is 26.3. The lowest BCUT2D eigenvalue weighted by atomic mass is 9.75. The van der Waals surface area contributed by atoms with Gasteiger partial charge in [-0.25, -0.2) is 17.9 Å². The molecule has 0 bridgehead atoms. The molecular weight excluding hydrogens is 530 g/mol. The molecule has 40 heavy (non-hydrogen) atoms. The third kappa shape index (κ3) is 5.25. The Hall–Kier alpha value is -3.98. The molecule has 208 valence electrons. The number of hydrogen-bond acceptors (Lipinski definition) is 8. The number of nitrogens with zero attached hydrogens (tertiary/aromatic N) is 5. The number of carbonyl (C=O) groups excluding carboxylic acids is 1. The van der Waals surface area contributed by atoms with Gasteiger partial charge in [-0.05, 0) is 43.4 Å². The van der Waals surface area contributed by atoms with Crippen LogP contribution in [0.15, 0.2) is 47.7 Å². The number of carbonyl (C=O) groups is 1. The Morgan fingerprint density at radius 2 is 1.82 bits per heavy atom. The van der Waals surface area contributed by atoms with Crippen molar-refractivity contribution >= 4 is 21.4 Å². The average molecular weight is 562 g/mol. The van der Waals surface area contributed by atoms with Crippen molar-refractivity contribution in [3.8, 4) is 22.9 Å². The van der Waals surface area contributed by atoms with Crippen molar-refractivity contribution in [1.29, 1.82) is 5.26 Å². The second-order valence-electron chi connectivity index (χ2n) is 11.0. The normalized spacial score (nSPS) is 23.2. The largest absolute Gasteiger partial charge is 0.369 e. The number of hydrogen-bond donors (Lipinski definition) is 2. The zero-order chi connectivity index (χ0) is 27.9. The van der Waals surface area contributed by atoms with Gasteiger partial charge in [0.1, 0.15) is 5.54 Å². The summed E-state index contributed by atoms with van der Waals surface area (Å²) in [5.41, 5.74) is 2.97. The maximum atomic E-state index is 13.4. The van der Waals surface area contributed by atoms with E-state index in [4.69, 9.17) is 5.10 Å². The number of sulfone groups is 1. The van der Waals surface area contributed by atoms with Gasteiger partial charge >= 0.3 is 5.69 Å². The number of nitriles is 1. The molecule has 2 N–H and O–H groups in total. The highest BCUT2D eigenvalue weighted by Gasteiger charge is 2.47. The number of anilines is 1. The van der Waals surface area contributed by atoms with Gasteiger partial charge in [-0.3, -0.25) is 4.79 Å². The van der Waals surface area contributed by atoms with Crippen LogP contribution in [0.5, 0.6) is 0 Å². The molecule has 3 fully saturated rings. The summed E-state index contributed by atoms with van der Waals surface area (Å²) in [5.74, 6) is -0.230. The minimum Gasteiger partial charge on any atom is -0.369 e. The molecule has 1 aliphatic heterocycles. The molecule has 2 aromatic heterocycles. The van der Waals surface area contributed by atoms with Crippen LogP contribution in [0, 0.1) is 17.2 Å². The van der Waals surface area contributed by atoms with E-state index in [0.717, 1.165) is 48.2 Å². The lowest BCUT2D eigenvalue weighted by Crippen LogP contribution is -2.42. The van der Waals surface area contributed by atoms with E-state index in [-0.39, 0.29) is 29.2 Å². The maximum absolute atomic E-state index is 13.4. The van der Waals surface area contributed by atoms with Crippen LogP contribution in [0.25, 0.3) is 16.8 Å². The zero-order valence-corrected chi connectivity index (χ0v) is 22.9. The zero-order valence-electron chi connectivity index (χ0n) is 22.0. The highest BCUT2D eigenvalue weighted by Crippen LogP contribution is 2.43. The van der Waals surface area contributed by atoms with Crippen molar-refractivity contribution in [2.24, 2.45) is 5.92 Å². The Bertz CT molecular complexity index is 1600. The molecule has 2 saturated carbocycles. The van der Waals surface area contributed by atoms with Gasteiger partial charge in [-0.2, -0.15) is 15.3 Å². The maximum Gasteiger partial charge on any atom is 0.345 e. The van der Waals surface area contributed by atoms with Crippen LogP contribution in [0.3, 0.4) is 0 Å². The van der Waals surface area contributed by atoms with E-state index in [1.165, 1.54) is 6.20 Å². The van der Waals surface area contributed by atoms with E-state index in [1.807, 2.05) is 30.5 Å². The average Bonchev–Trinajstić information content (AvgIpc) is 3.60. The first-order valence-electron chi connectivity index (χ1n) is 13.7. The molecule has 3 heterocycles. The Balaban J connectivity index is 1.35. The lowest BCUT2D eigenvalue weighted by molar-refractivity contribution is -0.127. The van der Waals surface area contributed by atoms with E-state index >= 15 is 0 Å². The molecule has 3 aromatic rings. The molecule has 0 radical (unpaired) electrons. The van der Waals surface area contributed by atoms with Crippen LogP contribution in [0.1, 0.15) is 50.1 Å². The molecule has 12 heteroatoms. The van der Waals surface area contributed by atoms with Crippen LogP contribution in [-0.2, 0) is 14.6 Å². The summed E-state index contributed by atoms with van der Waals surface area (Å²) in [6.07, 6.45) is 9.71. The fourth-order valence-electron chi connectivity index (χ4n) is 5.79. The minimum atomic E-state index is -2.97. The molecule has 1 saturated heterocycles. The second kappa shape index (κ2) is 10.2. The van der Waals surface area contributed by atoms with Crippen molar-refractivity contribution < 1.29 is 13.2 Å². The number of nitrogens with one attached hydrogen (secondary N) is 2. The molecule has 3 aliphatic rings. The predicted octanol–water partition coefficient (Wildman–Crippen LogP) is 2.30. The Morgan fingerprint density at radius 1 is 1.10 bits per heavy atom. The quantitative estimate of drug-likeness (QED) is 0.465. The molecule has 6 rings (SSSR count). The summed E-state index contributed by atoms with van der Waals surface area (Å²) < 4.78 is 25.4. The highest BCUT2D eigenvalue weighted by atomic mass is 32.2. The standard InChI is InChI=1S/C28H31N7O4S/c29-18-28(9-10-28)32-26(36)23-4-2-1-3-22(23)25-24(17-35(33-25)21-15-30-27(37)31-16-21)19-5-7-20(8-6-19)34-11-13-40(38,39)14-12-34/h5-8,15-17,22-23H,1-4,9-14H2,(H,32,36)(H,30,31,37)/t22-,23-/m1/s1. The summed E-state index contributed by atoms with van der Waals surface area (Å²) in [7, 11) is -2.97. The van der Waals surface area contributed by atoms with Crippen molar-refractivity contribution in [1.82, 2.24) is 25.1 Å². The first-order valence-corrected chi connectivity index (χ1v) is 15.5. The van der Waals surface area contributed by atoms with Gasteiger partial charge in [0.05, 0.1) is 35.2 Å². The van der Waals surface area contributed by atoms with Gasteiger partial charge in [0, 0.05) is 48.6 Å². The molecule has 11 nitrogen and oxygen atoms in total. The molecule has 1 aromatic carbocycles. The second-order valence-corrected chi connectivity index (χ2v) is 13.3. The van der Waals surface area contributed by atoms with Crippen LogP contribution >= 0.6 is 0 Å². The van der Waals surface area contributed by atoms with Gasteiger partial charge in [0.25, 0.3) is 0 Å². The summed E-state index contributed by atoms with van der Waals surface area (Å²) >= 11 is 0. The van der Waals surface area contributed by atoms with Crippen LogP contribution in [-0.4, -0.2) is 64.2 Å². The number of H-pyrrole nitrogens is 1. The van der Waals surface area contributed by atoms with Crippen molar-refractivity contribution in [3.63, 3.8) is 0 Å². The Kier molecular flexibility index (Phi) is 6.70. The lowest BCUT2D eigenvalue weighted by Gasteiger charge is -2.31. The summed E-state index contributed by atoms with van der Waals surface area (Å²) in [4.78, 5) is 33.5. The fraction of sp³-hybridized carbons (Fsp3) is 0.464. The smallest absolute Gasteiger partial charge is 0.345 e. The van der Waals surface area contributed by atoms with Crippen molar-refractivity contribution in [2.75, 3.05) is 29.5 Å². The number of aromatic nitrogens is 4. The van der Waals surface area contributed by atoms with Gasteiger partial charge in [-0.1, -0.05) is 25.0 Å². The number of rotatable bonds is 6. The number of amides is 1. The summed E-state index contributed by atoms with van der Waals surface area (Å²) in [6, 6.07) is 10.2. The molecule has 0 unspecified atom stereocenters. The SMILES string of the molecule is N#CC1(NC(=O)[C@@H]2CCCC[C@H]2c2nn(-c3cnc(=O)[nH]c3)cc2-c2ccc(N3CCS(=O)(=O)CC3)cc2)CC1. The Labute approximate surface area is 232 Å². The van der Waals surface area contributed by atoms with Crippen molar-refractivity contribution in [2.45, 2.75) is 50.0 Å². The number of aromatic amines is 1. The summed E-state index contributed by atoms with van der Waals surface area (Å²) in [5, 5.41) is 17.5. The first-order chi connectivity index (χ1) is 19.3. The molecule has 2 aliphatic carbocycles. The monoisotopic (exact) mass is 561 g/mol. The predicted molar refractivity (Wildman–Crippen MR) is 149 cm³/mol. The molecule has 1 amide bonds. The van der Waals surface area contributed by atoms with E-state index in [2.05, 4.69) is 26.3 Å². The Morgan fingerprint density at radius 3 is 2.48 bits per heavy atom. The topological polar surface area (TPSA) is 154 Å². The molecule has 0 spiro atoms. The fourth-order valence-corrected chi connectivity index (χ4v) is 6.99. The highest BCUT2D eigenvalue weighted by molar-refractivity contribution is 7.91. The minimum absolute atomic E-state index is 0.0923. The number of benzene rings is 1. The van der Waals surface area contributed by atoms with E-state index < -0.39 is 21.1 Å². The van der Waals surface area contributed by atoms with E-state index in [1.54, 1.807) is 10.9 Å². The van der Waals surface area contributed by atoms with E-state index in [9.17, 15) is 23.3 Å². The molecule has 2 atom stereocenters. The van der Waals surface area contributed by atoms with Gasteiger partial charge in [0.15, 0.2) is 9.84 Å².